The number of aliphatic hydroxyl groups excluding tert-OH is 1. The lowest BCUT2D eigenvalue weighted by Gasteiger charge is -2.28. The molecule has 0 saturated heterocycles. The first-order chi connectivity index (χ1) is 7.08. The van der Waals surface area contributed by atoms with E-state index in [-0.39, 0.29) is 11.0 Å². The van der Waals surface area contributed by atoms with Crippen molar-refractivity contribution in [3.8, 4) is 0 Å². The molecule has 0 fully saturated rings. The summed E-state index contributed by atoms with van der Waals surface area (Å²) in [6, 6.07) is 0. The molecule has 0 spiro atoms. The van der Waals surface area contributed by atoms with Crippen LogP contribution in [0.5, 0.6) is 0 Å². The average Bonchev–Trinajstić information content (AvgIpc) is 2.18. The first-order valence-electron chi connectivity index (χ1n) is 5.08. The molecular formula is C12H15NO2. The van der Waals surface area contributed by atoms with Crippen molar-refractivity contribution in [2.24, 2.45) is 5.92 Å². The highest BCUT2D eigenvalue weighted by Crippen LogP contribution is 2.34. The van der Waals surface area contributed by atoms with Gasteiger partial charge >= 0.3 is 0 Å². The van der Waals surface area contributed by atoms with Gasteiger partial charge in [-0.25, -0.2) is 0 Å². The zero-order chi connectivity index (χ0) is 11.0. The lowest BCUT2D eigenvalue weighted by Crippen LogP contribution is -3.01. The Kier molecular flexibility index (Phi) is 2.50. The van der Waals surface area contributed by atoms with Gasteiger partial charge in [-0.05, 0) is 24.6 Å². The van der Waals surface area contributed by atoms with Gasteiger partial charge in [-0.15, -0.1) is 0 Å². The van der Waals surface area contributed by atoms with Gasteiger partial charge in [-0.2, -0.15) is 0 Å². The monoisotopic (exact) mass is 205 g/mol. The van der Waals surface area contributed by atoms with Crippen LogP contribution >= 0.6 is 0 Å². The minimum atomic E-state index is 0.0903. The molecular weight excluding hydrogens is 190 g/mol. The van der Waals surface area contributed by atoms with Crippen LogP contribution in [0.15, 0.2) is 46.9 Å². The molecule has 0 heterocycles. The minimum Gasteiger partial charge on any atom is -0.629 e. The average molecular weight is 205 g/mol. The molecule has 0 aromatic heterocycles. The standard InChI is InChI=1S/C12H15NO2/c1-8-5-10(13(2)15)6-9-3-4-11(14)7-12(8)9/h3-6,12-14H,7H2,1-2H3. The van der Waals surface area contributed by atoms with Crippen LogP contribution in [0, 0.1) is 11.1 Å². The first-order valence-corrected chi connectivity index (χ1v) is 5.08. The van der Waals surface area contributed by atoms with Crippen molar-refractivity contribution in [2.75, 3.05) is 7.05 Å². The number of quaternary nitrogens is 1. The summed E-state index contributed by atoms with van der Waals surface area (Å²) >= 11 is 0. The third-order valence-electron chi connectivity index (χ3n) is 2.95. The molecule has 2 N–H and O–H groups in total. The van der Waals surface area contributed by atoms with Crippen LogP contribution in [-0.4, -0.2) is 12.2 Å². The number of aliphatic hydroxyl groups is 1. The molecule has 3 heteroatoms. The van der Waals surface area contributed by atoms with E-state index < -0.39 is 0 Å². The number of allylic oxidation sites excluding steroid dienone is 7. The molecule has 3 nitrogen and oxygen atoms in total. The zero-order valence-corrected chi connectivity index (χ0v) is 8.95. The third-order valence-corrected chi connectivity index (χ3v) is 2.95. The Morgan fingerprint density at radius 3 is 2.80 bits per heavy atom. The zero-order valence-electron chi connectivity index (χ0n) is 8.95. The number of hydrogen-bond donors (Lipinski definition) is 2. The lowest BCUT2D eigenvalue weighted by atomic mass is 9.81. The number of rotatable bonds is 1. The summed E-state index contributed by atoms with van der Waals surface area (Å²) in [6.45, 7) is 2.01. The molecule has 0 bridgehead atoms. The minimum absolute atomic E-state index is 0.0903. The fourth-order valence-electron chi connectivity index (χ4n) is 2.05. The summed E-state index contributed by atoms with van der Waals surface area (Å²) in [5.74, 6) is 0.661. The normalized spacial score (nSPS) is 27.0. The fourth-order valence-corrected chi connectivity index (χ4v) is 2.05. The number of hydrogen-bond acceptors (Lipinski definition) is 2. The smallest absolute Gasteiger partial charge is 0.131 e. The number of nitrogens with one attached hydrogen (secondary N) is 1. The molecule has 2 unspecified atom stereocenters. The van der Waals surface area contributed by atoms with E-state index in [9.17, 15) is 10.3 Å². The summed E-state index contributed by atoms with van der Waals surface area (Å²) in [5.41, 5.74) is 3.02. The van der Waals surface area contributed by atoms with Crippen molar-refractivity contribution in [1.82, 2.24) is 0 Å². The van der Waals surface area contributed by atoms with E-state index in [2.05, 4.69) is 0 Å². The van der Waals surface area contributed by atoms with E-state index in [1.165, 1.54) is 0 Å². The van der Waals surface area contributed by atoms with Crippen molar-refractivity contribution >= 4 is 0 Å². The van der Waals surface area contributed by atoms with Gasteiger partial charge in [0.2, 0.25) is 0 Å². The number of fused-ring (bicyclic) bond motifs is 1. The highest BCUT2D eigenvalue weighted by atomic mass is 16.5. The van der Waals surface area contributed by atoms with E-state index in [0.29, 0.717) is 12.2 Å². The first kappa shape index (κ1) is 10.2. The van der Waals surface area contributed by atoms with Crippen molar-refractivity contribution in [3.05, 3.63) is 52.1 Å². The summed E-state index contributed by atoms with van der Waals surface area (Å²) in [4.78, 5) is 0. The Balaban J connectivity index is 2.38. The molecule has 2 aliphatic carbocycles. The van der Waals surface area contributed by atoms with Gasteiger partial charge in [0.15, 0.2) is 0 Å². The fraction of sp³-hybridized carbons (Fsp3) is 0.333. The molecule has 15 heavy (non-hydrogen) atoms. The summed E-state index contributed by atoms with van der Waals surface area (Å²) in [7, 11) is 1.58. The molecule has 0 aromatic carbocycles. The Morgan fingerprint density at radius 1 is 1.40 bits per heavy atom. The predicted molar refractivity (Wildman–Crippen MR) is 59.0 cm³/mol. The number of hydroxylamine groups is 2. The molecule has 0 saturated carbocycles. The Hall–Kier alpha value is -1.32. The molecule has 0 radical (unpaired) electrons. The maximum atomic E-state index is 11.3. The van der Waals surface area contributed by atoms with Gasteiger partial charge in [-0.3, -0.25) is 0 Å². The second kappa shape index (κ2) is 3.68. The highest BCUT2D eigenvalue weighted by Gasteiger charge is 2.24. The van der Waals surface area contributed by atoms with Gasteiger partial charge in [0.25, 0.3) is 0 Å². The van der Waals surface area contributed by atoms with E-state index >= 15 is 0 Å². The molecule has 80 valence electrons. The lowest BCUT2D eigenvalue weighted by molar-refractivity contribution is -0.779. The Morgan fingerprint density at radius 2 is 2.13 bits per heavy atom. The molecule has 0 aliphatic heterocycles. The maximum Gasteiger partial charge on any atom is 0.131 e. The van der Waals surface area contributed by atoms with E-state index in [1.54, 1.807) is 13.1 Å². The summed E-state index contributed by atoms with van der Waals surface area (Å²) < 4.78 is 0. The van der Waals surface area contributed by atoms with Crippen LogP contribution < -0.4 is 5.06 Å². The van der Waals surface area contributed by atoms with Crippen molar-refractivity contribution in [2.45, 2.75) is 13.3 Å². The molecule has 0 aromatic rings. The van der Waals surface area contributed by atoms with Gasteiger partial charge < -0.3 is 15.4 Å². The number of likely N-dealkylation sites (N-methyl/N-ethyl adjacent to an activating group) is 1. The van der Waals surface area contributed by atoms with Gasteiger partial charge in [0.1, 0.15) is 5.70 Å². The van der Waals surface area contributed by atoms with Crippen LogP contribution in [0.25, 0.3) is 0 Å². The molecule has 2 aliphatic rings. The van der Waals surface area contributed by atoms with Gasteiger partial charge in [0, 0.05) is 18.4 Å². The Bertz CT molecular complexity index is 400. The molecule has 0 amide bonds. The molecule has 2 atom stereocenters. The van der Waals surface area contributed by atoms with Crippen molar-refractivity contribution in [3.63, 3.8) is 0 Å². The van der Waals surface area contributed by atoms with Crippen molar-refractivity contribution < 1.29 is 10.2 Å². The second-order valence-corrected chi connectivity index (χ2v) is 4.13. The largest absolute Gasteiger partial charge is 0.629 e. The SMILES string of the molecule is CC1=CC([NH+](C)[O-])=CC2=CC=C(O)CC12. The molecule has 2 rings (SSSR count). The quantitative estimate of drug-likeness (QED) is 0.632. The van der Waals surface area contributed by atoms with Crippen LogP contribution in [0.2, 0.25) is 0 Å². The maximum absolute atomic E-state index is 11.3. The van der Waals surface area contributed by atoms with E-state index in [0.717, 1.165) is 16.8 Å². The van der Waals surface area contributed by atoms with Gasteiger partial charge in [0.05, 0.1) is 12.8 Å². The van der Waals surface area contributed by atoms with Crippen LogP contribution in [0.1, 0.15) is 13.3 Å². The van der Waals surface area contributed by atoms with E-state index in [1.807, 2.05) is 25.2 Å². The topological polar surface area (TPSA) is 47.7 Å². The highest BCUT2D eigenvalue weighted by molar-refractivity contribution is 5.44. The predicted octanol–water partition coefficient (Wildman–Crippen LogP) is 1.23. The Labute approximate surface area is 89.3 Å². The van der Waals surface area contributed by atoms with E-state index in [4.69, 9.17) is 0 Å². The van der Waals surface area contributed by atoms with Crippen LogP contribution in [0.4, 0.5) is 0 Å². The van der Waals surface area contributed by atoms with Gasteiger partial charge in [-0.1, -0.05) is 11.6 Å². The third kappa shape index (κ3) is 1.89. The van der Waals surface area contributed by atoms with Crippen LogP contribution in [0.3, 0.4) is 0 Å². The summed E-state index contributed by atoms with van der Waals surface area (Å²) in [6.07, 6.45) is 8.09. The van der Waals surface area contributed by atoms with Crippen LogP contribution in [-0.2, 0) is 0 Å². The van der Waals surface area contributed by atoms with Crippen molar-refractivity contribution in [1.29, 1.82) is 0 Å². The second-order valence-electron chi connectivity index (χ2n) is 4.13. The summed E-state index contributed by atoms with van der Waals surface area (Å²) in [5, 5.41) is 20.8.